The number of anilines is 2. The molecule has 0 spiro atoms. The topological polar surface area (TPSA) is 54.0 Å². The smallest absolute Gasteiger partial charge is 0.224 e. The van der Waals surface area contributed by atoms with Crippen molar-refractivity contribution in [2.75, 3.05) is 57.2 Å². The minimum atomic E-state index is 0.193. The van der Waals surface area contributed by atoms with Crippen LogP contribution in [0.1, 0.15) is 17.5 Å². The Hall–Kier alpha value is -2.89. The van der Waals surface area contributed by atoms with E-state index in [0.29, 0.717) is 24.5 Å². The molecular formula is C23H31N3O3. The summed E-state index contributed by atoms with van der Waals surface area (Å²) in [5, 5.41) is 3.30. The summed E-state index contributed by atoms with van der Waals surface area (Å²) >= 11 is 0. The third kappa shape index (κ3) is 4.94. The van der Waals surface area contributed by atoms with Gasteiger partial charge in [0.25, 0.3) is 0 Å². The molecule has 3 rings (SSSR count). The first kappa shape index (κ1) is 20.8. The van der Waals surface area contributed by atoms with Gasteiger partial charge in [-0.2, -0.15) is 0 Å². The van der Waals surface area contributed by atoms with Gasteiger partial charge in [-0.1, -0.05) is 12.1 Å². The molecule has 0 aliphatic carbocycles. The van der Waals surface area contributed by atoms with E-state index in [-0.39, 0.29) is 5.91 Å². The molecule has 6 nitrogen and oxygen atoms in total. The Kier molecular flexibility index (Phi) is 6.86. The molecule has 2 aromatic rings. The summed E-state index contributed by atoms with van der Waals surface area (Å²) in [5.41, 5.74) is 4.83. The standard InChI is InChI=1S/C23H31N3O3/c1-17-6-5-7-20(18(17)2)25-12-14-26(15-13-25)23(27)10-11-24-19-8-9-21(28-3)22(16-19)29-4/h5-9,16,24H,10-15H2,1-4H3. The van der Waals surface area contributed by atoms with Crippen LogP contribution in [-0.2, 0) is 4.79 Å². The van der Waals surface area contributed by atoms with Gasteiger partial charge in [-0.25, -0.2) is 0 Å². The van der Waals surface area contributed by atoms with E-state index in [1.54, 1.807) is 14.2 Å². The first-order chi connectivity index (χ1) is 14.0. The number of methoxy groups -OCH3 is 2. The molecule has 0 unspecified atom stereocenters. The highest BCUT2D eigenvalue weighted by Crippen LogP contribution is 2.29. The molecule has 1 fully saturated rings. The highest BCUT2D eigenvalue weighted by molar-refractivity contribution is 5.77. The molecule has 0 saturated carbocycles. The largest absolute Gasteiger partial charge is 0.493 e. The number of nitrogens with zero attached hydrogens (tertiary/aromatic N) is 2. The Balaban J connectivity index is 1.47. The van der Waals surface area contributed by atoms with Crippen LogP contribution in [0.5, 0.6) is 11.5 Å². The van der Waals surface area contributed by atoms with E-state index in [4.69, 9.17) is 9.47 Å². The van der Waals surface area contributed by atoms with Crippen molar-refractivity contribution in [1.29, 1.82) is 0 Å². The van der Waals surface area contributed by atoms with E-state index in [9.17, 15) is 4.79 Å². The van der Waals surface area contributed by atoms with E-state index >= 15 is 0 Å². The van der Waals surface area contributed by atoms with Crippen LogP contribution in [0.25, 0.3) is 0 Å². The van der Waals surface area contributed by atoms with Crippen LogP contribution < -0.4 is 19.7 Å². The van der Waals surface area contributed by atoms with Gasteiger partial charge in [-0.3, -0.25) is 4.79 Å². The molecule has 29 heavy (non-hydrogen) atoms. The van der Waals surface area contributed by atoms with Crippen molar-refractivity contribution in [3.63, 3.8) is 0 Å². The molecule has 156 valence electrons. The number of rotatable bonds is 7. The predicted molar refractivity (Wildman–Crippen MR) is 117 cm³/mol. The van der Waals surface area contributed by atoms with Gasteiger partial charge in [0.1, 0.15) is 0 Å². The fourth-order valence-electron chi connectivity index (χ4n) is 3.69. The minimum Gasteiger partial charge on any atom is -0.493 e. The molecule has 1 N–H and O–H groups in total. The van der Waals surface area contributed by atoms with Crippen molar-refractivity contribution in [2.24, 2.45) is 0 Å². The molecule has 1 amide bonds. The summed E-state index contributed by atoms with van der Waals surface area (Å²) in [7, 11) is 3.23. The molecule has 2 aromatic carbocycles. The summed E-state index contributed by atoms with van der Waals surface area (Å²) in [6, 6.07) is 12.1. The zero-order chi connectivity index (χ0) is 20.8. The molecular weight excluding hydrogens is 366 g/mol. The highest BCUT2D eigenvalue weighted by Gasteiger charge is 2.22. The second-order valence-corrected chi connectivity index (χ2v) is 7.33. The van der Waals surface area contributed by atoms with Crippen molar-refractivity contribution in [3.05, 3.63) is 47.5 Å². The number of benzene rings is 2. The molecule has 1 aliphatic heterocycles. The van der Waals surface area contributed by atoms with Crippen LogP contribution in [0.15, 0.2) is 36.4 Å². The molecule has 0 atom stereocenters. The average molecular weight is 398 g/mol. The summed E-state index contributed by atoms with van der Waals surface area (Å²) in [6.07, 6.45) is 0.470. The Labute approximate surface area is 173 Å². The van der Waals surface area contributed by atoms with Crippen molar-refractivity contribution in [3.8, 4) is 11.5 Å². The van der Waals surface area contributed by atoms with Crippen molar-refractivity contribution >= 4 is 17.3 Å². The Morgan fingerprint density at radius 3 is 2.41 bits per heavy atom. The number of ether oxygens (including phenoxy) is 2. The minimum absolute atomic E-state index is 0.193. The molecule has 0 radical (unpaired) electrons. The van der Waals surface area contributed by atoms with Gasteiger partial charge in [0.2, 0.25) is 5.91 Å². The molecule has 1 saturated heterocycles. The third-order valence-corrected chi connectivity index (χ3v) is 5.60. The third-order valence-electron chi connectivity index (χ3n) is 5.60. The number of piperazine rings is 1. The predicted octanol–water partition coefficient (Wildman–Crippen LogP) is 3.47. The monoisotopic (exact) mass is 397 g/mol. The van der Waals surface area contributed by atoms with Crippen LogP contribution >= 0.6 is 0 Å². The van der Waals surface area contributed by atoms with Gasteiger partial charge < -0.3 is 24.6 Å². The van der Waals surface area contributed by atoms with Gasteiger partial charge in [0.15, 0.2) is 11.5 Å². The first-order valence-electron chi connectivity index (χ1n) is 10.1. The van der Waals surface area contributed by atoms with E-state index in [1.165, 1.54) is 16.8 Å². The zero-order valence-electron chi connectivity index (χ0n) is 17.8. The van der Waals surface area contributed by atoms with Crippen LogP contribution in [0, 0.1) is 13.8 Å². The Bertz CT molecular complexity index is 845. The number of nitrogens with one attached hydrogen (secondary N) is 1. The number of carbonyl (C=O) groups excluding carboxylic acids is 1. The lowest BCUT2D eigenvalue weighted by Crippen LogP contribution is -2.49. The zero-order valence-corrected chi connectivity index (χ0v) is 17.8. The summed E-state index contributed by atoms with van der Waals surface area (Å²) < 4.78 is 10.6. The lowest BCUT2D eigenvalue weighted by molar-refractivity contribution is -0.131. The number of amides is 1. The van der Waals surface area contributed by atoms with E-state index in [0.717, 1.165) is 31.9 Å². The molecule has 0 aromatic heterocycles. The normalized spacial score (nSPS) is 13.9. The van der Waals surface area contributed by atoms with E-state index in [2.05, 4.69) is 42.3 Å². The average Bonchev–Trinajstić information content (AvgIpc) is 2.75. The maximum absolute atomic E-state index is 12.6. The highest BCUT2D eigenvalue weighted by atomic mass is 16.5. The van der Waals surface area contributed by atoms with E-state index < -0.39 is 0 Å². The summed E-state index contributed by atoms with van der Waals surface area (Å²) in [5.74, 6) is 1.56. The van der Waals surface area contributed by atoms with Crippen molar-refractivity contribution < 1.29 is 14.3 Å². The van der Waals surface area contributed by atoms with Gasteiger partial charge in [0.05, 0.1) is 14.2 Å². The summed E-state index contributed by atoms with van der Waals surface area (Å²) in [4.78, 5) is 17.0. The lowest BCUT2D eigenvalue weighted by Gasteiger charge is -2.37. The fraction of sp³-hybridized carbons (Fsp3) is 0.435. The quantitative estimate of drug-likeness (QED) is 0.775. The van der Waals surface area contributed by atoms with Gasteiger partial charge in [0, 0.05) is 56.6 Å². The Morgan fingerprint density at radius 2 is 1.72 bits per heavy atom. The van der Waals surface area contributed by atoms with Crippen LogP contribution in [0.2, 0.25) is 0 Å². The van der Waals surface area contributed by atoms with Crippen LogP contribution in [-0.4, -0.2) is 57.8 Å². The van der Waals surface area contributed by atoms with Crippen LogP contribution in [0.3, 0.4) is 0 Å². The lowest BCUT2D eigenvalue weighted by atomic mass is 10.1. The van der Waals surface area contributed by atoms with Gasteiger partial charge in [-0.15, -0.1) is 0 Å². The first-order valence-corrected chi connectivity index (χ1v) is 10.1. The maximum atomic E-state index is 12.6. The molecule has 1 heterocycles. The van der Waals surface area contributed by atoms with Crippen molar-refractivity contribution in [2.45, 2.75) is 20.3 Å². The Morgan fingerprint density at radius 1 is 1.00 bits per heavy atom. The maximum Gasteiger partial charge on any atom is 0.224 e. The van der Waals surface area contributed by atoms with Crippen molar-refractivity contribution in [1.82, 2.24) is 4.90 Å². The number of hydrogen-bond acceptors (Lipinski definition) is 5. The molecule has 1 aliphatic rings. The van der Waals surface area contributed by atoms with Gasteiger partial charge >= 0.3 is 0 Å². The second kappa shape index (κ2) is 9.54. The van der Waals surface area contributed by atoms with Crippen LogP contribution in [0.4, 0.5) is 11.4 Å². The summed E-state index contributed by atoms with van der Waals surface area (Å²) in [6.45, 7) is 8.18. The fourth-order valence-corrected chi connectivity index (χ4v) is 3.69. The molecule has 6 heteroatoms. The van der Waals surface area contributed by atoms with E-state index in [1.807, 2.05) is 23.1 Å². The molecule has 0 bridgehead atoms. The SMILES string of the molecule is COc1ccc(NCCC(=O)N2CCN(c3cccc(C)c3C)CC2)cc1OC. The second-order valence-electron chi connectivity index (χ2n) is 7.33. The number of aryl methyl sites for hydroxylation is 1. The van der Waals surface area contributed by atoms with Gasteiger partial charge in [-0.05, 0) is 43.2 Å². The number of carbonyl (C=O) groups is 1. The number of hydrogen-bond donors (Lipinski definition) is 1.